The molecule has 0 aliphatic heterocycles. The van der Waals surface area contributed by atoms with Crippen molar-refractivity contribution in [2.45, 2.75) is 31.7 Å². The van der Waals surface area contributed by atoms with Crippen molar-refractivity contribution < 1.29 is 9.53 Å². The maximum atomic E-state index is 12.2. The summed E-state index contributed by atoms with van der Waals surface area (Å²) in [6.07, 6.45) is 3.89. The van der Waals surface area contributed by atoms with E-state index in [1.54, 1.807) is 17.0 Å². The number of nitrogens with zero attached hydrogens (tertiary/aromatic N) is 1. The molecule has 0 spiro atoms. The summed E-state index contributed by atoms with van der Waals surface area (Å²) in [5, 5.41) is 0. The molecule has 5 heteroatoms. The highest BCUT2D eigenvalue weighted by atomic mass is 32.1. The van der Waals surface area contributed by atoms with Gasteiger partial charge in [-0.2, -0.15) is 0 Å². The van der Waals surface area contributed by atoms with E-state index in [9.17, 15) is 4.79 Å². The lowest BCUT2D eigenvalue weighted by molar-refractivity contribution is 0.141. The highest BCUT2D eigenvalue weighted by molar-refractivity contribution is 7.80. The zero-order valence-electron chi connectivity index (χ0n) is 10.7. The largest absolute Gasteiger partial charge is 0.415 e. The van der Waals surface area contributed by atoms with Crippen molar-refractivity contribution in [1.29, 1.82) is 0 Å². The molecular weight excluding hydrogens is 260 g/mol. The lowest BCUT2D eigenvalue weighted by Crippen LogP contribution is -2.45. The molecule has 2 N–H and O–H groups in total. The van der Waals surface area contributed by atoms with E-state index in [0.717, 1.165) is 25.7 Å². The van der Waals surface area contributed by atoms with Crippen LogP contribution < -0.4 is 10.5 Å². The molecule has 102 valence electrons. The minimum Gasteiger partial charge on any atom is -0.410 e. The van der Waals surface area contributed by atoms with Gasteiger partial charge in [-0.25, -0.2) is 4.79 Å². The number of ether oxygens (including phenoxy) is 1. The molecule has 1 aromatic carbocycles. The minimum atomic E-state index is -0.370. The number of carbonyl (C=O) groups is 1. The standard InChI is InChI=1S/C14H18N2O2S/c15-13(19)10-16(11-6-4-5-7-11)14(17)18-12-8-2-1-3-9-12/h1-3,8-9,11H,4-7,10H2,(H2,15,19). The monoisotopic (exact) mass is 278 g/mol. The lowest BCUT2D eigenvalue weighted by atomic mass is 10.2. The number of thiocarbonyl (C=S) groups is 1. The summed E-state index contributed by atoms with van der Waals surface area (Å²) in [6.45, 7) is 0.283. The van der Waals surface area contributed by atoms with Gasteiger partial charge in [0.1, 0.15) is 5.75 Å². The maximum Gasteiger partial charge on any atom is 0.415 e. The number of amides is 1. The molecule has 0 aromatic heterocycles. The van der Waals surface area contributed by atoms with Crippen LogP contribution in [-0.2, 0) is 0 Å². The average molecular weight is 278 g/mol. The highest BCUT2D eigenvalue weighted by Gasteiger charge is 2.28. The first kappa shape index (κ1) is 13.8. The molecule has 19 heavy (non-hydrogen) atoms. The van der Waals surface area contributed by atoms with Gasteiger partial charge in [0.05, 0.1) is 11.5 Å². The molecule has 1 aromatic rings. The normalized spacial score (nSPS) is 15.2. The summed E-state index contributed by atoms with van der Waals surface area (Å²) in [5.74, 6) is 0.540. The second kappa shape index (κ2) is 6.52. The Kier molecular flexibility index (Phi) is 4.74. The number of hydrogen-bond acceptors (Lipinski definition) is 3. The quantitative estimate of drug-likeness (QED) is 0.860. The summed E-state index contributed by atoms with van der Waals surface area (Å²) < 4.78 is 5.36. The van der Waals surface area contributed by atoms with Crippen molar-refractivity contribution in [3.63, 3.8) is 0 Å². The van der Waals surface area contributed by atoms with Gasteiger partial charge in [-0.15, -0.1) is 0 Å². The molecule has 0 atom stereocenters. The number of para-hydroxylation sites is 1. The van der Waals surface area contributed by atoms with Crippen molar-refractivity contribution in [2.75, 3.05) is 6.54 Å². The molecular formula is C14H18N2O2S. The van der Waals surface area contributed by atoms with Crippen LogP contribution in [0.4, 0.5) is 4.79 Å². The van der Waals surface area contributed by atoms with E-state index in [0.29, 0.717) is 10.7 Å². The first-order valence-electron chi connectivity index (χ1n) is 6.48. The van der Waals surface area contributed by atoms with Crippen LogP contribution in [0.25, 0.3) is 0 Å². The van der Waals surface area contributed by atoms with Gasteiger partial charge >= 0.3 is 6.09 Å². The number of benzene rings is 1. The van der Waals surface area contributed by atoms with Crippen LogP contribution in [0.2, 0.25) is 0 Å². The molecule has 0 unspecified atom stereocenters. The smallest absolute Gasteiger partial charge is 0.410 e. The molecule has 2 rings (SSSR count). The van der Waals surface area contributed by atoms with Crippen LogP contribution in [0.15, 0.2) is 30.3 Å². The number of rotatable bonds is 4. The Labute approximate surface area is 118 Å². The number of nitrogens with two attached hydrogens (primary N) is 1. The second-order valence-electron chi connectivity index (χ2n) is 4.71. The van der Waals surface area contributed by atoms with Gasteiger partial charge in [0.2, 0.25) is 0 Å². The zero-order valence-corrected chi connectivity index (χ0v) is 11.6. The van der Waals surface area contributed by atoms with Crippen LogP contribution in [0.1, 0.15) is 25.7 Å². The van der Waals surface area contributed by atoms with Gasteiger partial charge < -0.3 is 10.5 Å². The first-order chi connectivity index (χ1) is 9.16. The Morgan fingerprint density at radius 2 is 1.95 bits per heavy atom. The third-order valence-electron chi connectivity index (χ3n) is 3.27. The average Bonchev–Trinajstić information content (AvgIpc) is 2.90. The van der Waals surface area contributed by atoms with Crippen molar-refractivity contribution in [2.24, 2.45) is 5.73 Å². The van der Waals surface area contributed by atoms with E-state index < -0.39 is 0 Å². The van der Waals surface area contributed by atoms with E-state index in [1.807, 2.05) is 18.2 Å². The van der Waals surface area contributed by atoms with E-state index in [4.69, 9.17) is 22.7 Å². The summed E-state index contributed by atoms with van der Waals surface area (Å²) in [5.41, 5.74) is 5.57. The van der Waals surface area contributed by atoms with Crippen LogP contribution in [0, 0.1) is 0 Å². The van der Waals surface area contributed by atoms with Crippen molar-refractivity contribution in [1.82, 2.24) is 4.90 Å². The van der Waals surface area contributed by atoms with E-state index in [-0.39, 0.29) is 18.7 Å². The predicted octanol–water partition coefficient (Wildman–Crippen LogP) is 2.72. The fourth-order valence-electron chi connectivity index (χ4n) is 2.37. The number of hydrogen-bond donors (Lipinski definition) is 1. The van der Waals surface area contributed by atoms with Gasteiger partial charge in [0.15, 0.2) is 0 Å². The maximum absolute atomic E-state index is 12.2. The second-order valence-corrected chi connectivity index (χ2v) is 5.24. The van der Waals surface area contributed by atoms with Crippen LogP contribution in [0.3, 0.4) is 0 Å². The van der Waals surface area contributed by atoms with Crippen LogP contribution in [-0.4, -0.2) is 28.6 Å². The predicted molar refractivity (Wildman–Crippen MR) is 78.2 cm³/mol. The Morgan fingerprint density at radius 1 is 1.32 bits per heavy atom. The molecule has 1 fully saturated rings. The molecule has 0 radical (unpaired) electrons. The van der Waals surface area contributed by atoms with Crippen molar-refractivity contribution in [3.05, 3.63) is 30.3 Å². The molecule has 1 aliphatic rings. The van der Waals surface area contributed by atoms with E-state index in [1.165, 1.54) is 0 Å². The fraction of sp³-hybridized carbons (Fsp3) is 0.429. The van der Waals surface area contributed by atoms with Crippen LogP contribution >= 0.6 is 12.2 Å². The summed E-state index contributed by atoms with van der Waals surface area (Å²) in [7, 11) is 0. The molecule has 1 saturated carbocycles. The van der Waals surface area contributed by atoms with Crippen molar-refractivity contribution >= 4 is 23.3 Å². The van der Waals surface area contributed by atoms with Gasteiger partial charge in [0.25, 0.3) is 0 Å². The minimum absolute atomic E-state index is 0.192. The Hall–Kier alpha value is -1.62. The Morgan fingerprint density at radius 3 is 2.53 bits per heavy atom. The Balaban J connectivity index is 2.04. The molecule has 0 saturated heterocycles. The fourth-order valence-corrected chi connectivity index (χ4v) is 2.51. The summed E-state index contributed by atoms with van der Waals surface area (Å²) >= 11 is 4.92. The first-order valence-corrected chi connectivity index (χ1v) is 6.89. The summed E-state index contributed by atoms with van der Waals surface area (Å²) in [6, 6.07) is 9.24. The Bertz CT molecular complexity index is 444. The number of carbonyl (C=O) groups excluding carboxylic acids is 1. The molecule has 4 nitrogen and oxygen atoms in total. The molecule has 1 amide bonds. The van der Waals surface area contributed by atoms with Gasteiger partial charge in [-0.05, 0) is 25.0 Å². The topological polar surface area (TPSA) is 55.6 Å². The van der Waals surface area contributed by atoms with Crippen LogP contribution in [0.5, 0.6) is 5.75 Å². The SMILES string of the molecule is NC(=S)CN(C(=O)Oc1ccccc1)C1CCCC1. The van der Waals surface area contributed by atoms with Gasteiger partial charge in [-0.1, -0.05) is 43.3 Å². The highest BCUT2D eigenvalue weighted by Crippen LogP contribution is 2.24. The summed E-state index contributed by atoms with van der Waals surface area (Å²) in [4.78, 5) is 14.2. The van der Waals surface area contributed by atoms with Gasteiger partial charge in [-0.3, -0.25) is 4.90 Å². The van der Waals surface area contributed by atoms with E-state index in [2.05, 4.69) is 0 Å². The molecule has 0 heterocycles. The molecule has 1 aliphatic carbocycles. The van der Waals surface area contributed by atoms with Crippen molar-refractivity contribution in [3.8, 4) is 5.75 Å². The zero-order chi connectivity index (χ0) is 13.7. The lowest BCUT2D eigenvalue weighted by Gasteiger charge is -2.27. The third-order valence-corrected chi connectivity index (χ3v) is 3.40. The van der Waals surface area contributed by atoms with Gasteiger partial charge in [0, 0.05) is 6.04 Å². The third kappa shape index (κ3) is 3.92. The molecule has 0 bridgehead atoms. The van der Waals surface area contributed by atoms with E-state index >= 15 is 0 Å².